The molecule has 0 saturated carbocycles. The van der Waals surface area contributed by atoms with Crippen LogP contribution in [0.25, 0.3) is 0 Å². The van der Waals surface area contributed by atoms with Crippen molar-refractivity contribution in [2.24, 2.45) is 5.16 Å². The van der Waals surface area contributed by atoms with Gasteiger partial charge in [0.25, 0.3) is 11.8 Å². The molecule has 3 rings (SSSR count). The SMILES string of the molecule is COCC1=C(C(C)OC(=O)OC(C)C)N2C(=O)[C@@H](NC(=O)/C(=N\OC)c3csc(N)n3)[C@H]2SC1. The van der Waals surface area contributed by atoms with Crippen LogP contribution in [0.4, 0.5) is 9.93 Å². The number of thiazole rings is 1. The molecule has 3 heterocycles. The highest BCUT2D eigenvalue weighted by molar-refractivity contribution is 8.00. The normalized spacial score (nSPS) is 21.1. The Hall–Kier alpha value is -2.84. The van der Waals surface area contributed by atoms with Crippen LogP contribution in [0.3, 0.4) is 0 Å². The van der Waals surface area contributed by atoms with Gasteiger partial charge in [-0.25, -0.2) is 9.78 Å². The largest absolute Gasteiger partial charge is 0.509 e. The number of rotatable bonds is 9. The van der Waals surface area contributed by atoms with Crippen LogP contribution in [-0.4, -0.2) is 83.8 Å². The second-order valence-corrected chi connectivity index (χ2v) is 9.65. The van der Waals surface area contributed by atoms with Gasteiger partial charge in [-0.15, -0.1) is 23.1 Å². The third-order valence-electron chi connectivity index (χ3n) is 4.85. The molecule has 0 radical (unpaired) electrons. The number of ether oxygens (including phenoxy) is 3. The average Bonchev–Trinajstić information content (AvgIpc) is 3.20. The van der Waals surface area contributed by atoms with E-state index in [1.807, 2.05) is 0 Å². The number of oxime groups is 1. The molecule has 1 aromatic heterocycles. The summed E-state index contributed by atoms with van der Waals surface area (Å²) in [6.45, 7) is 5.35. The van der Waals surface area contributed by atoms with Crippen molar-refractivity contribution in [3.8, 4) is 0 Å². The molecule has 34 heavy (non-hydrogen) atoms. The molecule has 12 nitrogen and oxygen atoms in total. The number of nitrogens with zero attached hydrogens (tertiary/aromatic N) is 3. The van der Waals surface area contributed by atoms with Crippen molar-refractivity contribution in [1.29, 1.82) is 0 Å². The number of nitrogens with two attached hydrogens (primary N) is 1. The Kier molecular flexibility index (Phi) is 8.38. The molecule has 186 valence electrons. The van der Waals surface area contributed by atoms with Crippen molar-refractivity contribution in [3.05, 3.63) is 22.3 Å². The first-order valence-corrected chi connectivity index (χ1v) is 12.3. The van der Waals surface area contributed by atoms with Crippen LogP contribution in [0.2, 0.25) is 0 Å². The Bertz CT molecular complexity index is 1010. The van der Waals surface area contributed by atoms with Crippen molar-refractivity contribution < 1.29 is 33.4 Å². The van der Waals surface area contributed by atoms with Gasteiger partial charge in [-0.2, -0.15) is 0 Å². The highest BCUT2D eigenvalue weighted by atomic mass is 32.2. The summed E-state index contributed by atoms with van der Waals surface area (Å²) in [6.07, 6.45) is -1.94. The third-order valence-corrected chi connectivity index (χ3v) is 6.86. The number of nitrogens with one attached hydrogen (secondary N) is 1. The van der Waals surface area contributed by atoms with Crippen molar-refractivity contribution >= 4 is 51.9 Å². The number of fused-ring (bicyclic) bond motifs is 1. The summed E-state index contributed by atoms with van der Waals surface area (Å²) in [5, 5.41) is 7.90. The molecular weight excluding hydrogens is 486 g/mol. The number of anilines is 1. The number of aromatic nitrogens is 1. The molecule has 1 saturated heterocycles. The van der Waals surface area contributed by atoms with E-state index in [0.717, 1.165) is 16.9 Å². The zero-order chi connectivity index (χ0) is 25.0. The van der Waals surface area contributed by atoms with Gasteiger partial charge in [-0.3, -0.25) is 14.5 Å². The second kappa shape index (κ2) is 11.1. The fraction of sp³-hybridized carbons (Fsp3) is 0.550. The summed E-state index contributed by atoms with van der Waals surface area (Å²) in [7, 11) is 2.85. The van der Waals surface area contributed by atoms with Gasteiger partial charge in [0.2, 0.25) is 0 Å². The van der Waals surface area contributed by atoms with Gasteiger partial charge < -0.3 is 30.1 Å². The lowest BCUT2D eigenvalue weighted by molar-refractivity contribution is -0.146. The van der Waals surface area contributed by atoms with Crippen molar-refractivity contribution in [1.82, 2.24) is 15.2 Å². The maximum atomic E-state index is 13.1. The number of nitrogen functional groups attached to an aromatic ring is 1. The van der Waals surface area contributed by atoms with Crippen LogP contribution in [0.5, 0.6) is 0 Å². The first-order valence-electron chi connectivity index (χ1n) is 10.3. The first kappa shape index (κ1) is 25.8. The molecule has 14 heteroatoms. The maximum absolute atomic E-state index is 13.1. The van der Waals surface area contributed by atoms with E-state index in [0.29, 0.717) is 11.4 Å². The molecule has 0 spiro atoms. The smallest absolute Gasteiger partial charge is 0.432 e. The van der Waals surface area contributed by atoms with Gasteiger partial charge in [0, 0.05) is 18.2 Å². The first-order chi connectivity index (χ1) is 16.2. The second-order valence-electron chi connectivity index (χ2n) is 7.65. The molecule has 1 aromatic rings. The standard InChI is InChI=1S/C20H27N5O7S2/c1-9(2)31-20(28)32-10(3)15-11(6-29-4)7-33-18-14(17(27)25(15)18)23-16(26)13(24-30-5)12-8-34-19(21)22-12/h8-10,14,18H,6-7H2,1-5H3,(H2,21,22)(H,23,26)/b24-13-/t10?,14-,18-/m1/s1. The molecular formula is C20H27N5O7S2. The zero-order valence-corrected chi connectivity index (χ0v) is 21.0. The van der Waals surface area contributed by atoms with E-state index in [-0.39, 0.29) is 35.2 Å². The highest BCUT2D eigenvalue weighted by Crippen LogP contribution is 2.42. The van der Waals surface area contributed by atoms with Crippen LogP contribution in [0, 0.1) is 0 Å². The van der Waals surface area contributed by atoms with Crippen LogP contribution >= 0.6 is 23.1 Å². The lowest BCUT2D eigenvalue weighted by Gasteiger charge is -2.51. The Morgan fingerprint density at radius 3 is 2.65 bits per heavy atom. The number of amides is 2. The molecule has 2 aliphatic heterocycles. The van der Waals surface area contributed by atoms with E-state index in [1.165, 1.54) is 23.8 Å². The van der Waals surface area contributed by atoms with Crippen LogP contribution in [-0.2, 0) is 28.6 Å². The number of carbonyl (C=O) groups is 3. The molecule has 3 atom stereocenters. The predicted molar refractivity (Wildman–Crippen MR) is 126 cm³/mol. The minimum absolute atomic E-state index is 0.0912. The quantitative estimate of drug-likeness (QED) is 0.214. The van der Waals surface area contributed by atoms with Crippen LogP contribution in [0.1, 0.15) is 26.5 Å². The Morgan fingerprint density at radius 2 is 2.06 bits per heavy atom. The lowest BCUT2D eigenvalue weighted by atomic mass is 10.00. The number of carbonyl (C=O) groups excluding carboxylic acids is 3. The summed E-state index contributed by atoms with van der Waals surface area (Å²) in [5.74, 6) is -0.446. The van der Waals surface area contributed by atoms with Gasteiger partial charge >= 0.3 is 6.16 Å². The monoisotopic (exact) mass is 513 g/mol. The highest BCUT2D eigenvalue weighted by Gasteiger charge is 2.54. The topological polar surface area (TPSA) is 155 Å². The summed E-state index contributed by atoms with van der Waals surface area (Å²) in [4.78, 5) is 48.4. The number of β-lactam (4-membered cyclic amide) rings is 1. The number of thioether (sulfide) groups is 1. The molecule has 2 aliphatic rings. The number of hydrogen-bond donors (Lipinski definition) is 2. The molecule has 3 N–H and O–H groups in total. The summed E-state index contributed by atoms with van der Waals surface area (Å²) in [5.41, 5.74) is 7.15. The fourth-order valence-corrected chi connectivity index (χ4v) is 5.44. The molecule has 2 amide bonds. The van der Waals surface area contributed by atoms with Crippen molar-refractivity contribution in [2.45, 2.75) is 44.4 Å². The van der Waals surface area contributed by atoms with Gasteiger partial charge in [0.15, 0.2) is 10.8 Å². The molecule has 0 bridgehead atoms. The van der Waals surface area contributed by atoms with Crippen molar-refractivity contribution in [3.63, 3.8) is 0 Å². The molecule has 0 aromatic carbocycles. The number of hydrogen-bond acceptors (Lipinski definition) is 12. The fourth-order valence-electron chi connectivity index (χ4n) is 3.55. The number of methoxy groups -OCH3 is 1. The molecule has 0 aliphatic carbocycles. The summed E-state index contributed by atoms with van der Waals surface area (Å²) >= 11 is 2.62. The van der Waals surface area contributed by atoms with Gasteiger partial charge in [-0.1, -0.05) is 5.16 Å². The molecule has 1 fully saturated rings. The van der Waals surface area contributed by atoms with E-state index in [2.05, 4.69) is 15.5 Å². The Labute approximate surface area is 204 Å². The minimum Gasteiger partial charge on any atom is -0.432 e. The van der Waals surface area contributed by atoms with E-state index < -0.39 is 29.6 Å². The van der Waals surface area contributed by atoms with E-state index in [9.17, 15) is 14.4 Å². The maximum Gasteiger partial charge on any atom is 0.509 e. The Balaban J connectivity index is 1.77. The van der Waals surface area contributed by atoms with Crippen LogP contribution in [0.15, 0.2) is 21.8 Å². The summed E-state index contributed by atoms with van der Waals surface area (Å²) < 4.78 is 15.7. The third kappa shape index (κ3) is 5.45. The van der Waals surface area contributed by atoms with E-state index in [1.54, 1.807) is 33.3 Å². The molecule has 1 unspecified atom stereocenters. The minimum atomic E-state index is -0.831. The zero-order valence-electron chi connectivity index (χ0n) is 19.4. The van der Waals surface area contributed by atoms with Gasteiger partial charge in [-0.05, 0) is 26.3 Å². The summed E-state index contributed by atoms with van der Waals surface area (Å²) in [6, 6.07) is -0.815. The average molecular weight is 514 g/mol. The van der Waals surface area contributed by atoms with Crippen LogP contribution < -0.4 is 11.1 Å². The lowest BCUT2D eigenvalue weighted by Crippen LogP contribution is -2.71. The van der Waals surface area contributed by atoms with Gasteiger partial charge in [0.1, 0.15) is 30.3 Å². The van der Waals surface area contributed by atoms with Gasteiger partial charge in [0.05, 0.1) is 18.4 Å². The van der Waals surface area contributed by atoms with E-state index in [4.69, 9.17) is 24.8 Å². The van der Waals surface area contributed by atoms with E-state index >= 15 is 0 Å². The Morgan fingerprint density at radius 1 is 1.32 bits per heavy atom. The van der Waals surface area contributed by atoms with Crippen molar-refractivity contribution in [2.75, 3.05) is 32.3 Å². The predicted octanol–water partition coefficient (Wildman–Crippen LogP) is 1.33.